The number of rotatable bonds is 8. The summed E-state index contributed by atoms with van der Waals surface area (Å²) >= 11 is 0. The first-order chi connectivity index (χ1) is 14.3. The molecule has 1 saturated carbocycles. The van der Waals surface area contributed by atoms with E-state index in [0.29, 0.717) is 0 Å². The normalized spacial score (nSPS) is 14.6. The average Bonchev–Trinajstić information content (AvgIpc) is 3.22. The number of benzene rings is 1. The van der Waals surface area contributed by atoms with Crippen LogP contribution in [0.4, 0.5) is 9.59 Å². The number of imide groups is 1. The molecule has 30 heavy (non-hydrogen) atoms. The molecule has 0 aliphatic heterocycles. The third kappa shape index (κ3) is 8.10. The van der Waals surface area contributed by atoms with E-state index in [4.69, 9.17) is 9.47 Å². The lowest BCUT2D eigenvalue weighted by molar-refractivity contribution is -0.151. The van der Waals surface area contributed by atoms with Crippen LogP contribution in [0, 0.1) is 5.92 Å². The van der Waals surface area contributed by atoms with Crippen molar-refractivity contribution in [2.24, 2.45) is 5.92 Å². The third-order valence-corrected chi connectivity index (χ3v) is 4.70. The smallest absolute Gasteiger partial charge is 0.408 e. The van der Waals surface area contributed by atoms with Gasteiger partial charge in [-0.1, -0.05) is 57.0 Å². The summed E-state index contributed by atoms with van der Waals surface area (Å²) in [5.41, 5.74) is 0.809. The SMILES string of the molecule is CC(C)[C@H](NC(=O)OCc1ccccc1)C(=O)OCC(=O)NC(=O)NC1CCCC1. The van der Waals surface area contributed by atoms with Gasteiger partial charge in [0.15, 0.2) is 6.61 Å². The van der Waals surface area contributed by atoms with Crippen molar-refractivity contribution in [1.82, 2.24) is 16.0 Å². The molecule has 4 amide bonds. The summed E-state index contributed by atoms with van der Waals surface area (Å²) < 4.78 is 10.1. The van der Waals surface area contributed by atoms with Gasteiger partial charge in [-0.2, -0.15) is 0 Å². The van der Waals surface area contributed by atoms with E-state index in [9.17, 15) is 19.2 Å². The number of alkyl carbamates (subject to hydrolysis) is 1. The van der Waals surface area contributed by atoms with Gasteiger partial charge in [-0.25, -0.2) is 14.4 Å². The number of ether oxygens (including phenoxy) is 2. The fourth-order valence-electron chi connectivity index (χ4n) is 3.07. The van der Waals surface area contributed by atoms with Crippen LogP contribution in [0.25, 0.3) is 0 Å². The van der Waals surface area contributed by atoms with E-state index in [0.717, 1.165) is 31.2 Å². The fourth-order valence-corrected chi connectivity index (χ4v) is 3.07. The summed E-state index contributed by atoms with van der Waals surface area (Å²) in [6, 6.07) is 7.58. The molecular formula is C21H29N3O6. The van der Waals surface area contributed by atoms with Crippen LogP contribution in [-0.2, 0) is 25.7 Å². The highest BCUT2D eigenvalue weighted by molar-refractivity contribution is 5.96. The molecule has 0 heterocycles. The second-order valence-corrected chi connectivity index (χ2v) is 7.54. The molecule has 1 aromatic carbocycles. The van der Waals surface area contributed by atoms with Crippen LogP contribution in [0.1, 0.15) is 45.1 Å². The van der Waals surface area contributed by atoms with Crippen molar-refractivity contribution in [3.63, 3.8) is 0 Å². The third-order valence-electron chi connectivity index (χ3n) is 4.70. The largest absolute Gasteiger partial charge is 0.454 e. The average molecular weight is 419 g/mol. The van der Waals surface area contributed by atoms with Crippen molar-refractivity contribution < 1.29 is 28.7 Å². The monoisotopic (exact) mass is 419 g/mol. The van der Waals surface area contributed by atoms with Gasteiger partial charge in [-0.3, -0.25) is 10.1 Å². The topological polar surface area (TPSA) is 123 Å². The van der Waals surface area contributed by atoms with E-state index in [1.165, 1.54) is 0 Å². The van der Waals surface area contributed by atoms with Gasteiger partial charge in [0, 0.05) is 6.04 Å². The number of hydrogen-bond acceptors (Lipinski definition) is 6. The highest BCUT2D eigenvalue weighted by atomic mass is 16.6. The molecule has 2 rings (SSSR count). The maximum Gasteiger partial charge on any atom is 0.408 e. The first-order valence-corrected chi connectivity index (χ1v) is 10.1. The maximum atomic E-state index is 12.3. The van der Waals surface area contributed by atoms with E-state index in [-0.39, 0.29) is 18.6 Å². The van der Waals surface area contributed by atoms with Crippen LogP contribution in [-0.4, -0.2) is 42.7 Å². The summed E-state index contributed by atoms with van der Waals surface area (Å²) in [7, 11) is 0. The van der Waals surface area contributed by atoms with Gasteiger partial charge in [0.05, 0.1) is 0 Å². The predicted octanol–water partition coefficient (Wildman–Crippen LogP) is 2.25. The molecule has 1 atom stereocenters. The number of carbonyl (C=O) groups is 4. The molecule has 0 radical (unpaired) electrons. The summed E-state index contributed by atoms with van der Waals surface area (Å²) in [5, 5.41) is 7.29. The van der Waals surface area contributed by atoms with Crippen molar-refractivity contribution >= 4 is 24.0 Å². The molecule has 1 fully saturated rings. The lowest BCUT2D eigenvalue weighted by Gasteiger charge is -2.20. The number of hydrogen-bond donors (Lipinski definition) is 3. The molecule has 3 N–H and O–H groups in total. The van der Waals surface area contributed by atoms with Gasteiger partial charge in [0.25, 0.3) is 5.91 Å². The Morgan fingerprint density at radius 2 is 1.70 bits per heavy atom. The minimum Gasteiger partial charge on any atom is -0.454 e. The first kappa shape index (κ1) is 23.2. The van der Waals surface area contributed by atoms with Crippen molar-refractivity contribution in [3.05, 3.63) is 35.9 Å². The van der Waals surface area contributed by atoms with Gasteiger partial charge >= 0.3 is 18.1 Å². The zero-order valence-electron chi connectivity index (χ0n) is 17.3. The molecule has 9 nitrogen and oxygen atoms in total. The van der Waals surface area contributed by atoms with E-state index < -0.39 is 36.6 Å². The van der Waals surface area contributed by atoms with Gasteiger partial charge in [-0.15, -0.1) is 0 Å². The highest BCUT2D eigenvalue weighted by Crippen LogP contribution is 2.17. The van der Waals surface area contributed by atoms with Gasteiger partial charge in [0.1, 0.15) is 12.6 Å². The van der Waals surface area contributed by atoms with E-state index >= 15 is 0 Å². The number of amides is 4. The van der Waals surface area contributed by atoms with Crippen molar-refractivity contribution in [2.75, 3.05) is 6.61 Å². The quantitative estimate of drug-likeness (QED) is 0.556. The number of nitrogens with one attached hydrogen (secondary N) is 3. The highest BCUT2D eigenvalue weighted by Gasteiger charge is 2.27. The molecule has 1 aliphatic carbocycles. The molecule has 0 saturated heterocycles. The maximum absolute atomic E-state index is 12.3. The standard InChI is InChI=1S/C21H29N3O6/c1-14(2)18(24-21(28)30-12-15-8-4-3-5-9-15)19(26)29-13-17(25)23-20(27)22-16-10-6-7-11-16/h3-5,8-9,14,16,18H,6-7,10-13H2,1-2H3,(H,24,28)(H2,22,23,25,27)/t18-/m0/s1. The van der Waals surface area contributed by atoms with Gasteiger partial charge in [-0.05, 0) is 24.3 Å². The summed E-state index contributed by atoms with van der Waals surface area (Å²) in [6.07, 6.45) is 3.11. The molecule has 1 aliphatic rings. The fraction of sp³-hybridized carbons (Fsp3) is 0.524. The number of carbonyl (C=O) groups excluding carboxylic acids is 4. The van der Waals surface area contributed by atoms with E-state index in [2.05, 4.69) is 16.0 Å². The van der Waals surface area contributed by atoms with E-state index in [1.54, 1.807) is 13.8 Å². The Hall–Kier alpha value is -3.10. The Bertz CT molecular complexity index is 732. The van der Waals surface area contributed by atoms with Crippen LogP contribution in [0.3, 0.4) is 0 Å². The molecule has 164 valence electrons. The Morgan fingerprint density at radius 1 is 1.03 bits per heavy atom. The zero-order valence-corrected chi connectivity index (χ0v) is 17.3. The Labute approximate surface area is 175 Å². The Balaban J connectivity index is 1.73. The van der Waals surface area contributed by atoms with Gasteiger partial charge < -0.3 is 20.1 Å². The Kier molecular flexibility index (Phi) is 9.11. The molecule has 0 spiro atoms. The molecule has 9 heteroatoms. The summed E-state index contributed by atoms with van der Waals surface area (Å²) in [5.74, 6) is -1.82. The minimum absolute atomic E-state index is 0.0606. The minimum atomic E-state index is -0.992. The molecule has 0 aromatic heterocycles. The van der Waals surface area contributed by atoms with Gasteiger partial charge in [0.2, 0.25) is 0 Å². The lowest BCUT2D eigenvalue weighted by Crippen LogP contribution is -2.48. The molecular weight excluding hydrogens is 390 g/mol. The van der Waals surface area contributed by atoms with Crippen molar-refractivity contribution in [1.29, 1.82) is 0 Å². The first-order valence-electron chi connectivity index (χ1n) is 10.1. The molecule has 0 bridgehead atoms. The van der Waals surface area contributed by atoms with Crippen molar-refractivity contribution in [2.45, 2.75) is 58.2 Å². The Morgan fingerprint density at radius 3 is 2.33 bits per heavy atom. The molecule has 0 unspecified atom stereocenters. The van der Waals surface area contributed by atoms with Crippen LogP contribution >= 0.6 is 0 Å². The predicted molar refractivity (Wildman–Crippen MR) is 108 cm³/mol. The number of esters is 1. The lowest BCUT2D eigenvalue weighted by atomic mass is 10.1. The second kappa shape index (κ2) is 11.8. The second-order valence-electron chi connectivity index (χ2n) is 7.54. The summed E-state index contributed by atoms with van der Waals surface area (Å²) in [6.45, 7) is 2.88. The van der Waals surface area contributed by atoms with Crippen LogP contribution in [0.2, 0.25) is 0 Å². The van der Waals surface area contributed by atoms with Crippen molar-refractivity contribution in [3.8, 4) is 0 Å². The van der Waals surface area contributed by atoms with E-state index in [1.807, 2.05) is 30.3 Å². The summed E-state index contributed by atoms with van der Waals surface area (Å²) in [4.78, 5) is 47.9. The number of urea groups is 1. The van der Waals surface area contributed by atoms with Crippen LogP contribution in [0.5, 0.6) is 0 Å². The van der Waals surface area contributed by atoms with Crippen LogP contribution < -0.4 is 16.0 Å². The zero-order chi connectivity index (χ0) is 21.9. The van der Waals surface area contributed by atoms with Crippen LogP contribution in [0.15, 0.2) is 30.3 Å². The molecule has 1 aromatic rings.